The van der Waals surface area contributed by atoms with Gasteiger partial charge in [-0.2, -0.15) is 0 Å². The van der Waals surface area contributed by atoms with Gasteiger partial charge in [0.2, 0.25) is 0 Å². The molecule has 0 heterocycles. The molecule has 0 amide bonds. The van der Waals surface area contributed by atoms with Crippen molar-refractivity contribution in [2.45, 2.75) is 19.4 Å². The second-order valence-corrected chi connectivity index (χ2v) is 1.21. The summed E-state index contributed by atoms with van der Waals surface area (Å²) in [6, 6.07) is 0.162. The van der Waals surface area contributed by atoms with Gasteiger partial charge in [0.25, 0.3) is 0 Å². The summed E-state index contributed by atoms with van der Waals surface area (Å²) in [4.78, 5) is 0. The number of nitrogens with two attached hydrogens (primary N) is 1. The Morgan fingerprint density at radius 2 is 2.20 bits per heavy atom. The quantitative estimate of drug-likeness (QED) is 0.476. The van der Waals surface area contributed by atoms with Crippen molar-refractivity contribution < 1.29 is 0 Å². The van der Waals surface area contributed by atoms with Crippen molar-refractivity contribution in [3.05, 3.63) is 6.92 Å². The minimum atomic E-state index is 0.162. The molecule has 0 aliphatic rings. The molecule has 2 radical (unpaired) electrons. The average Bonchev–Trinajstić information content (AvgIpc) is 1.38. The van der Waals surface area contributed by atoms with Crippen LogP contribution in [0.5, 0.6) is 0 Å². The first-order chi connectivity index (χ1) is 2.27. The Balaban J connectivity index is 2.54. The van der Waals surface area contributed by atoms with Gasteiger partial charge in [0, 0.05) is 6.04 Å². The highest BCUT2D eigenvalue weighted by Crippen LogP contribution is 1.76. The van der Waals surface area contributed by atoms with Crippen molar-refractivity contribution in [1.82, 2.24) is 0 Å². The van der Waals surface area contributed by atoms with Crippen molar-refractivity contribution >= 4 is 0 Å². The first-order valence-electron chi connectivity index (χ1n) is 1.73. The minimum Gasteiger partial charge on any atom is -0.328 e. The van der Waals surface area contributed by atoms with Crippen molar-refractivity contribution in [2.24, 2.45) is 5.73 Å². The largest absolute Gasteiger partial charge is 0.328 e. The van der Waals surface area contributed by atoms with Gasteiger partial charge < -0.3 is 5.73 Å². The van der Waals surface area contributed by atoms with E-state index >= 15 is 0 Å². The molecular formula is C4H9N. The SMILES string of the molecule is [CH]CC(C)N. The summed E-state index contributed by atoms with van der Waals surface area (Å²) in [5, 5.41) is 0. The number of hydrogen-bond donors (Lipinski definition) is 1. The van der Waals surface area contributed by atoms with Crippen molar-refractivity contribution in [2.75, 3.05) is 0 Å². The molecule has 1 heteroatoms. The van der Waals surface area contributed by atoms with Crippen LogP contribution in [0.3, 0.4) is 0 Å². The van der Waals surface area contributed by atoms with Crippen LogP contribution in [0, 0.1) is 6.92 Å². The summed E-state index contributed by atoms with van der Waals surface area (Å²) in [5.74, 6) is 0. The second kappa shape index (κ2) is 2.21. The highest BCUT2D eigenvalue weighted by molar-refractivity contribution is 4.51. The molecule has 0 bridgehead atoms. The third kappa shape index (κ3) is 3.96. The predicted molar refractivity (Wildman–Crippen MR) is 22.6 cm³/mol. The van der Waals surface area contributed by atoms with Crippen LogP contribution in [0.1, 0.15) is 13.3 Å². The summed E-state index contributed by atoms with van der Waals surface area (Å²) in [6.45, 7) is 6.92. The molecule has 0 saturated heterocycles. The Morgan fingerprint density at radius 1 is 2.00 bits per heavy atom. The first-order valence-corrected chi connectivity index (χ1v) is 1.73. The van der Waals surface area contributed by atoms with Gasteiger partial charge in [0.1, 0.15) is 0 Å². The van der Waals surface area contributed by atoms with Gasteiger partial charge in [-0.3, -0.25) is 0 Å². The molecule has 0 aromatic carbocycles. The Labute approximate surface area is 33.2 Å². The van der Waals surface area contributed by atoms with Crippen LogP contribution in [0.15, 0.2) is 0 Å². The molecule has 0 saturated carbocycles. The zero-order valence-electron chi connectivity index (χ0n) is 3.44. The molecule has 0 aliphatic heterocycles. The fraction of sp³-hybridized carbons (Fsp3) is 0.750. The van der Waals surface area contributed by atoms with Gasteiger partial charge in [0.15, 0.2) is 0 Å². The summed E-state index contributed by atoms with van der Waals surface area (Å²) >= 11 is 0. The maximum atomic E-state index is 5.17. The minimum absolute atomic E-state index is 0.162. The van der Waals surface area contributed by atoms with Crippen LogP contribution in [-0.4, -0.2) is 6.04 Å². The Kier molecular flexibility index (Phi) is 2.19. The third-order valence-corrected chi connectivity index (χ3v) is 0.372. The van der Waals surface area contributed by atoms with E-state index in [9.17, 15) is 0 Å². The maximum Gasteiger partial charge on any atom is 0.00133 e. The van der Waals surface area contributed by atoms with Gasteiger partial charge in [-0.15, -0.1) is 0 Å². The van der Waals surface area contributed by atoms with Crippen LogP contribution >= 0.6 is 0 Å². The second-order valence-electron chi connectivity index (χ2n) is 1.21. The van der Waals surface area contributed by atoms with Crippen molar-refractivity contribution in [3.63, 3.8) is 0 Å². The van der Waals surface area contributed by atoms with E-state index in [-0.39, 0.29) is 6.04 Å². The topological polar surface area (TPSA) is 26.0 Å². The molecule has 0 aliphatic carbocycles. The molecule has 30 valence electrons. The fourth-order valence-corrected chi connectivity index (χ4v) is 0. The summed E-state index contributed by atoms with van der Waals surface area (Å²) in [7, 11) is 0. The number of hydrogen-bond acceptors (Lipinski definition) is 1. The predicted octanol–water partition coefficient (Wildman–Crippen LogP) is 0.435. The fourth-order valence-electron chi connectivity index (χ4n) is 0. The van der Waals surface area contributed by atoms with E-state index in [2.05, 4.69) is 0 Å². The van der Waals surface area contributed by atoms with E-state index in [0.29, 0.717) is 6.42 Å². The standard InChI is InChI=1S/C4H9N/c1-3-4(2)5/h1,4H,3,5H2,2H3. The molecule has 0 fully saturated rings. The lowest BCUT2D eigenvalue weighted by molar-refractivity contribution is 0.755. The highest BCUT2D eigenvalue weighted by Gasteiger charge is 1.80. The highest BCUT2D eigenvalue weighted by atomic mass is 14.6. The van der Waals surface area contributed by atoms with Crippen LogP contribution in [-0.2, 0) is 0 Å². The summed E-state index contributed by atoms with van der Waals surface area (Å²) in [6.07, 6.45) is 0.583. The molecule has 1 atom stereocenters. The molecule has 0 aromatic rings. The molecule has 0 aromatic heterocycles. The zero-order valence-corrected chi connectivity index (χ0v) is 3.44. The number of rotatable bonds is 1. The van der Waals surface area contributed by atoms with Gasteiger partial charge >= 0.3 is 0 Å². The molecule has 5 heavy (non-hydrogen) atoms. The lowest BCUT2D eigenvalue weighted by Gasteiger charge is -1.91. The molecule has 2 N–H and O–H groups in total. The van der Waals surface area contributed by atoms with Crippen LogP contribution < -0.4 is 5.73 Å². The summed E-state index contributed by atoms with van der Waals surface area (Å²) < 4.78 is 0. The van der Waals surface area contributed by atoms with E-state index in [1.165, 1.54) is 0 Å². The maximum absolute atomic E-state index is 5.17. The van der Waals surface area contributed by atoms with Gasteiger partial charge in [0.05, 0.1) is 0 Å². The molecule has 1 unspecified atom stereocenters. The van der Waals surface area contributed by atoms with Crippen LogP contribution in [0.4, 0.5) is 0 Å². The van der Waals surface area contributed by atoms with Crippen LogP contribution in [0.25, 0.3) is 0 Å². The lowest BCUT2D eigenvalue weighted by atomic mass is 10.3. The van der Waals surface area contributed by atoms with Crippen molar-refractivity contribution in [1.29, 1.82) is 0 Å². The Bertz CT molecular complexity index is 17.6. The monoisotopic (exact) mass is 71.1 g/mol. The van der Waals surface area contributed by atoms with E-state index < -0.39 is 0 Å². The zero-order chi connectivity index (χ0) is 4.28. The Morgan fingerprint density at radius 3 is 2.20 bits per heavy atom. The molecule has 0 rings (SSSR count). The van der Waals surface area contributed by atoms with E-state index in [1.54, 1.807) is 0 Å². The van der Waals surface area contributed by atoms with Crippen LogP contribution in [0.2, 0.25) is 0 Å². The van der Waals surface area contributed by atoms with Crippen molar-refractivity contribution in [3.8, 4) is 0 Å². The first kappa shape index (κ1) is 4.96. The van der Waals surface area contributed by atoms with E-state index in [4.69, 9.17) is 12.7 Å². The lowest BCUT2D eigenvalue weighted by Crippen LogP contribution is -2.11. The molecule has 0 spiro atoms. The van der Waals surface area contributed by atoms with Gasteiger partial charge in [-0.25, -0.2) is 0 Å². The summed E-state index contributed by atoms with van der Waals surface area (Å²) in [5.41, 5.74) is 5.17. The molecule has 1 nitrogen and oxygen atoms in total. The Hall–Kier alpha value is -0.0400. The third-order valence-electron chi connectivity index (χ3n) is 0.372. The van der Waals surface area contributed by atoms with E-state index in [1.807, 2.05) is 6.92 Å². The van der Waals surface area contributed by atoms with Gasteiger partial charge in [-0.1, -0.05) is 0 Å². The van der Waals surface area contributed by atoms with E-state index in [0.717, 1.165) is 0 Å². The average molecular weight is 71.1 g/mol. The van der Waals surface area contributed by atoms with Gasteiger partial charge in [-0.05, 0) is 20.3 Å². The smallest absolute Gasteiger partial charge is 0.00133 e. The molecular weight excluding hydrogens is 62.1 g/mol. The normalized spacial score (nSPS) is 15.0.